The van der Waals surface area contributed by atoms with Gasteiger partial charge in [-0.3, -0.25) is 14.4 Å². The molecule has 2 aromatic carbocycles. The molecule has 0 spiro atoms. The van der Waals surface area contributed by atoms with E-state index in [2.05, 4.69) is 0 Å². The number of ether oxygens (including phenoxy) is 1. The molecule has 31 heavy (non-hydrogen) atoms. The molecule has 1 saturated heterocycles. The molecule has 0 aromatic heterocycles. The molecule has 3 rings (SSSR count). The smallest absolute Gasteiger partial charge is 0.325 e. The van der Waals surface area contributed by atoms with Crippen LogP contribution in [0.4, 0.5) is 4.39 Å². The number of hydrogen-bond donors (Lipinski definition) is 0. The highest BCUT2D eigenvalue weighted by Gasteiger charge is 2.32. The summed E-state index contributed by atoms with van der Waals surface area (Å²) in [6, 6.07) is 12.4. The van der Waals surface area contributed by atoms with Crippen molar-refractivity contribution >= 4 is 29.4 Å². The van der Waals surface area contributed by atoms with Gasteiger partial charge < -0.3 is 14.5 Å². The lowest BCUT2D eigenvalue weighted by molar-refractivity contribution is -0.149. The molecular weight excluding hydrogens is 423 g/mol. The minimum absolute atomic E-state index is 0.180. The van der Waals surface area contributed by atoms with Crippen molar-refractivity contribution in [2.75, 3.05) is 26.7 Å². The Morgan fingerprint density at radius 2 is 1.81 bits per heavy atom. The summed E-state index contributed by atoms with van der Waals surface area (Å²) < 4.78 is 17.9. The maximum absolute atomic E-state index is 13.3. The molecule has 8 heteroatoms. The summed E-state index contributed by atoms with van der Waals surface area (Å²) in [6.45, 7) is 0.815. The molecule has 1 fully saturated rings. The third kappa shape index (κ3) is 6.04. The van der Waals surface area contributed by atoms with Crippen molar-refractivity contribution in [1.29, 1.82) is 0 Å². The van der Waals surface area contributed by atoms with Crippen LogP contribution in [-0.2, 0) is 20.9 Å². The summed E-state index contributed by atoms with van der Waals surface area (Å²) in [4.78, 5) is 41.0. The second-order valence-corrected chi connectivity index (χ2v) is 7.93. The van der Waals surface area contributed by atoms with Crippen LogP contribution in [0.25, 0.3) is 0 Å². The van der Waals surface area contributed by atoms with Gasteiger partial charge in [-0.25, -0.2) is 4.39 Å². The third-order valence-corrected chi connectivity index (χ3v) is 5.55. The Hall–Kier alpha value is -2.93. The number of rotatable bonds is 6. The number of carbonyl (C=O) groups excluding carboxylic acids is 3. The zero-order chi connectivity index (χ0) is 22.4. The number of esters is 1. The van der Waals surface area contributed by atoms with Crippen molar-refractivity contribution < 1.29 is 23.5 Å². The van der Waals surface area contributed by atoms with Gasteiger partial charge in [-0.1, -0.05) is 23.7 Å². The molecule has 0 bridgehead atoms. The van der Waals surface area contributed by atoms with Gasteiger partial charge >= 0.3 is 5.97 Å². The van der Waals surface area contributed by atoms with Gasteiger partial charge in [0.2, 0.25) is 5.91 Å². The van der Waals surface area contributed by atoms with Crippen LogP contribution in [0.5, 0.6) is 0 Å². The number of likely N-dealkylation sites (tertiary alicyclic amines) is 1. The highest BCUT2D eigenvalue weighted by Crippen LogP contribution is 2.22. The fourth-order valence-electron chi connectivity index (χ4n) is 3.64. The number of carbonyl (C=O) groups is 3. The Morgan fingerprint density at radius 3 is 2.45 bits per heavy atom. The molecule has 2 aromatic rings. The summed E-state index contributed by atoms with van der Waals surface area (Å²) >= 11 is 5.93. The van der Waals surface area contributed by atoms with Crippen molar-refractivity contribution in [3.63, 3.8) is 0 Å². The molecule has 0 aliphatic carbocycles. The van der Waals surface area contributed by atoms with Crippen LogP contribution in [0.15, 0.2) is 48.5 Å². The quantitative estimate of drug-likeness (QED) is 0.637. The lowest BCUT2D eigenvalue weighted by Gasteiger charge is -2.35. The van der Waals surface area contributed by atoms with E-state index in [1.807, 2.05) is 0 Å². The second-order valence-electron chi connectivity index (χ2n) is 7.49. The predicted molar refractivity (Wildman–Crippen MR) is 114 cm³/mol. The van der Waals surface area contributed by atoms with Crippen molar-refractivity contribution in [3.8, 4) is 0 Å². The normalized spacial score (nSPS) is 16.0. The first-order valence-electron chi connectivity index (χ1n) is 10.0. The first kappa shape index (κ1) is 22.7. The minimum Gasteiger partial charge on any atom is -0.468 e. The number of nitrogens with zero attached hydrogens (tertiary/aromatic N) is 2. The SMILES string of the molecule is COC(=O)CN(Cc1ccc(Cl)cc1)C(=O)C1CCCN(C(=O)c2ccc(F)cc2)C1. The maximum atomic E-state index is 13.3. The van der Waals surface area contributed by atoms with Gasteiger partial charge in [0, 0.05) is 30.2 Å². The average Bonchev–Trinajstić information content (AvgIpc) is 2.79. The zero-order valence-corrected chi connectivity index (χ0v) is 18.0. The first-order valence-corrected chi connectivity index (χ1v) is 10.4. The summed E-state index contributed by atoms with van der Waals surface area (Å²) in [5.74, 6) is -1.82. The molecule has 164 valence electrons. The molecule has 0 saturated carbocycles. The van der Waals surface area contributed by atoms with Crippen LogP contribution in [0.3, 0.4) is 0 Å². The van der Waals surface area contributed by atoms with Gasteiger partial charge in [0.05, 0.1) is 13.0 Å². The second kappa shape index (κ2) is 10.4. The van der Waals surface area contributed by atoms with E-state index in [-0.39, 0.29) is 31.4 Å². The highest BCUT2D eigenvalue weighted by atomic mass is 35.5. The fourth-order valence-corrected chi connectivity index (χ4v) is 3.76. The number of benzene rings is 2. The number of methoxy groups -OCH3 is 1. The lowest BCUT2D eigenvalue weighted by Crippen LogP contribution is -2.47. The van der Waals surface area contributed by atoms with Crippen LogP contribution in [0.2, 0.25) is 5.02 Å². The van der Waals surface area contributed by atoms with Crippen molar-refractivity contribution in [1.82, 2.24) is 9.80 Å². The maximum Gasteiger partial charge on any atom is 0.325 e. The number of halogens is 2. The molecule has 1 aliphatic heterocycles. The molecule has 0 N–H and O–H groups in total. The summed E-state index contributed by atoms with van der Waals surface area (Å²) in [7, 11) is 1.27. The molecule has 0 radical (unpaired) electrons. The van der Waals surface area contributed by atoms with Crippen LogP contribution in [-0.4, -0.2) is 54.3 Å². The monoisotopic (exact) mass is 446 g/mol. The minimum atomic E-state index is -0.516. The van der Waals surface area contributed by atoms with Gasteiger partial charge in [-0.05, 0) is 54.8 Å². The number of amides is 2. The Labute approximate surface area is 185 Å². The van der Waals surface area contributed by atoms with Crippen molar-refractivity contribution in [3.05, 3.63) is 70.5 Å². The van der Waals surface area contributed by atoms with Gasteiger partial charge in [-0.15, -0.1) is 0 Å². The lowest BCUT2D eigenvalue weighted by atomic mass is 9.95. The van der Waals surface area contributed by atoms with E-state index < -0.39 is 17.7 Å². The highest BCUT2D eigenvalue weighted by molar-refractivity contribution is 6.30. The van der Waals surface area contributed by atoms with Crippen molar-refractivity contribution in [2.45, 2.75) is 19.4 Å². The van der Waals surface area contributed by atoms with Crippen molar-refractivity contribution in [2.24, 2.45) is 5.92 Å². The topological polar surface area (TPSA) is 66.9 Å². The Bertz CT molecular complexity index is 934. The van der Waals surface area contributed by atoms with Crippen LogP contribution in [0.1, 0.15) is 28.8 Å². The largest absolute Gasteiger partial charge is 0.468 e. The molecule has 1 heterocycles. The molecule has 1 atom stereocenters. The van der Waals surface area contributed by atoms with Crippen LogP contribution >= 0.6 is 11.6 Å². The molecular formula is C23H24ClFN2O4. The molecule has 2 amide bonds. The third-order valence-electron chi connectivity index (χ3n) is 5.30. The van der Waals surface area contributed by atoms with E-state index in [0.29, 0.717) is 30.0 Å². The van der Waals surface area contributed by atoms with E-state index in [1.54, 1.807) is 29.2 Å². The van der Waals surface area contributed by atoms with Gasteiger partial charge in [-0.2, -0.15) is 0 Å². The first-order chi connectivity index (χ1) is 14.9. The predicted octanol–water partition coefficient (Wildman–Crippen LogP) is 3.53. The Morgan fingerprint density at radius 1 is 1.13 bits per heavy atom. The van der Waals surface area contributed by atoms with Gasteiger partial charge in [0.1, 0.15) is 12.4 Å². The molecule has 1 aliphatic rings. The summed E-state index contributed by atoms with van der Waals surface area (Å²) in [5, 5.41) is 0.580. The summed E-state index contributed by atoms with van der Waals surface area (Å²) in [6.07, 6.45) is 1.28. The van der Waals surface area contributed by atoms with E-state index in [1.165, 1.54) is 36.3 Å². The van der Waals surface area contributed by atoms with E-state index in [4.69, 9.17) is 16.3 Å². The van der Waals surface area contributed by atoms with Crippen LogP contribution in [0, 0.1) is 11.7 Å². The number of piperidine rings is 1. The summed E-state index contributed by atoms with van der Waals surface area (Å²) in [5.41, 5.74) is 1.21. The molecule has 6 nitrogen and oxygen atoms in total. The van der Waals surface area contributed by atoms with Crippen LogP contribution < -0.4 is 0 Å². The van der Waals surface area contributed by atoms with E-state index in [9.17, 15) is 18.8 Å². The number of hydrogen-bond acceptors (Lipinski definition) is 4. The standard InChI is InChI=1S/C23H24ClFN2O4/c1-31-21(28)15-27(13-16-4-8-19(24)9-5-16)23(30)18-3-2-12-26(14-18)22(29)17-6-10-20(25)11-7-17/h4-11,18H,2-3,12-15H2,1H3. The molecule has 1 unspecified atom stereocenters. The van der Waals surface area contributed by atoms with Gasteiger partial charge in [0.15, 0.2) is 0 Å². The Kier molecular flexibility index (Phi) is 7.63. The fraction of sp³-hybridized carbons (Fsp3) is 0.348. The zero-order valence-electron chi connectivity index (χ0n) is 17.2. The van der Waals surface area contributed by atoms with E-state index in [0.717, 1.165) is 5.56 Å². The Balaban J connectivity index is 1.72. The average molecular weight is 447 g/mol. The van der Waals surface area contributed by atoms with Gasteiger partial charge in [0.25, 0.3) is 5.91 Å². The van der Waals surface area contributed by atoms with E-state index >= 15 is 0 Å².